The summed E-state index contributed by atoms with van der Waals surface area (Å²) in [5, 5.41) is 10.8. The van der Waals surface area contributed by atoms with E-state index in [0.29, 0.717) is 13.1 Å². The Morgan fingerprint density at radius 3 is 2.68 bits per heavy atom. The zero-order chi connectivity index (χ0) is 19.3. The van der Waals surface area contributed by atoms with Crippen LogP contribution in [0.3, 0.4) is 0 Å². The molecule has 2 aromatic carbocycles. The van der Waals surface area contributed by atoms with E-state index >= 15 is 0 Å². The summed E-state index contributed by atoms with van der Waals surface area (Å²) in [6, 6.07) is 16.0. The summed E-state index contributed by atoms with van der Waals surface area (Å²) in [5.74, 6) is -0.599. The van der Waals surface area contributed by atoms with E-state index in [1.807, 2.05) is 30.3 Å². The van der Waals surface area contributed by atoms with Gasteiger partial charge in [-0.2, -0.15) is 0 Å². The number of hydrogen-bond donors (Lipinski definition) is 1. The van der Waals surface area contributed by atoms with E-state index in [1.54, 1.807) is 28.5 Å². The smallest absolute Gasteiger partial charge is 0.273 e. The number of carbonyl (C=O) groups excluding carboxylic acids is 1. The molecule has 0 bridgehead atoms. The minimum absolute atomic E-state index is 0.230. The monoisotopic (exact) mass is 393 g/mol. The SMILES string of the molecule is O=C(NCc1scnc1-c1ccccc1)c1cn(Cc2ccc(F)cc2)nn1. The highest BCUT2D eigenvalue weighted by atomic mass is 32.1. The molecule has 4 rings (SSSR count). The Bertz CT molecular complexity index is 1080. The molecule has 0 saturated carbocycles. The number of aromatic nitrogens is 4. The Kier molecular flexibility index (Phi) is 5.20. The van der Waals surface area contributed by atoms with Crippen molar-refractivity contribution in [3.8, 4) is 11.3 Å². The second-order valence-electron chi connectivity index (χ2n) is 6.10. The van der Waals surface area contributed by atoms with Gasteiger partial charge in [-0.1, -0.05) is 47.7 Å². The van der Waals surface area contributed by atoms with E-state index in [2.05, 4.69) is 20.6 Å². The summed E-state index contributed by atoms with van der Waals surface area (Å²) in [7, 11) is 0. The van der Waals surface area contributed by atoms with Gasteiger partial charge in [0.05, 0.1) is 35.4 Å². The minimum atomic E-state index is -0.308. The molecule has 0 saturated heterocycles. The summed E-state index contributed by atoms with van der Waals surface area (Å²) in [6.07, 6.45) is 1.57. The van der Waals surface area contributed by atoms with E-state index in [1.165, 1.54) is 23.5 Å². The van der Waals surface area contributed by atoms with Crippen LogP contribution in [-0.4, -0.2) is 25.9 Å². The lowest BCUT2D eigenvalue weighted by Gasteiger charge is -2.04. The molecule has 0 aliphatic rings. The fourth-order valence-corrected chi connectivity index (χ4v) is 3.46. The van der Waals surface area contributed by atoms with Gasteiger partial charge in [0.15, 0.2) is 5.69 Å². The molecule has 0 spiro atoms. The number of benzene rings is 2. The standard InChI is InChI=1S/C20H16FN5OS/c21-16-8-6-14(7-9-16)11-26-12-17(24-25-26)20(27)22-10-18-19(23-13-28-18)15-4-2-1-3-5-15/h1-9,12-13H,10-11H2,(H,22,27). The van der Waals surface area contributed by atoms with Gasteiger partial charge in [0.2, 0.25) is 0 Å². The highest BCUT2D eigenvalue weighted by Gasteiger charge is 2.14. The molecule has 0 radical (unpaired) electrons. The second-order valence-corrected chi connectivity index (χ2v) is 7.04. The van der Waals surface area contributed by atoms with E-state index in [4.69, 9.17) is 0 Å². The zero-order valence-corrected chi connectivity index (χ0v) is 15.6. The fourth-order valence-electron chi connectivity index (χ4n) is 2.74. The average molecular weight is 393 g/mol. The van der Waals surface area contributed by atoms with Crippen molar-refractivity contribution in [1.82, 2.24) is 25.3 Å². The molecule has 2 heterocycles. The summed E-state index contributed by atoms with van der Waals surface area (Å²) in [5.41, 5.74) is 4.75. The molecule has 2 aromatic heterocycles. The highest BCUT2D eigenvalue weighted by Crippen LogP contribution is 2.25. The van der Waals surface area contributed by atoms with Crippen LogP contribution in [0.1, 0.15) is 20.9 Å². The lowest BCUT2D eigenvalue weighted by molar-refractivity contribution is 0.0946. The molecule has 0 fully saturated rings. The molecule has 1 N–H and O–H groups in total. The van der Waals surface area contributed by atoms with Crippen molar-refractivity contribution in [3.05, 3.63) is 88.3 Å². The topological polar surface area (TPSA) is 72.7 Å². The first-order chi connectivity index (χ1) is 13.7. The van der Waals surface area contributed by atoms with Crippen LogP contribution in [-0.2, 0) is 13.1 Å². The number of thiazole rings is 1. The Hall–Kier alpha value is -3.39. The zero-order valence-electron chi connectivity index (χ0n) is 14.7. The van der Waals surface area contributed by atoms with Gasteiger partial charge < -0.3 is 5.32 Å². The van der Waals surface area contributed by atoms with Crippen molar-refractivity contribution in [2.75, 3.05) is 0 Å². The Morgan fingerprint density at radius 1 is 1.11 bits per heavy atom. The summed E-state index contributed by atoms with van der Waals surface area (Å²) < 4.78 is 14.5. The maximum Gasteiger partial charge on any atom is 0.273 e. The van der Waals surface area contributed by atoms with Crippen LogP contribution >= 0.6 is 11.3 Å². The quantitative estimate of drug-likeness (QED) is 0.544. The maximum atomic E-state index is 13.0. The highest BCUT2D eigenvalue weighted by molar-refractivity contribution is 7.10. The van der Waals surface area contributed by atoms with Gasteiger partial charge in [0.1, 0.15) is 5.82 Å². The summed E-state index contributed by atoms with van der Waals surface area (Å²) >= 11 is 1.49. The third kappa shape index (κ3) is 4.12. The predicted octanol–water partition coefficient (Wildman–Crippen LogP) is 3.52. The molecule has 6 nitrogen and oxygen atoms in total. The lowest BCUT2D eigenvalue weighted by Crippen LogP contribution is -2.23. The third-order valence-corrected chi connectivity index (χ3v) is 4.96. The van der Waals surface area contributed by atoms with Gasteiger partial charge >= 0.3 is 0 Å². The van der Waals surface area contributed by atoms with Gasteiger partial charge in [-0.15, -0.1) is 16.4 Å². The normalized spacial score (nSPS) is 10.8. The minimum Gasteiger partial charge on any atom is -0.346 e. The fraction of sp³-hybridized carbons (Fsp3) is 0.100. The van der Waals surface area contributed by atoms with Gasteiger partial charge in [-0.3, -0.25) is 4.79 Å². The lowest BCUT2D eigenvalue weighted by atomic mass is 10.1. The first-order valence-corrected chi connectivity index (χ1v) is 9.47. The van der Waals surface area contributed by atoms with Crippen molar-refractivity contribution in [3.63, 3.8) is 0 Å². The average Bonchev–Trinajstić information content (AvgIpc) is 3.38. The number of nitrogens with one attached hydrogen (secondary N) is 1. The first-order valence-electron chi connectivity index (χ1n) is 8.59. The molecule has 0 unspecified atom stereocenters. The van der Waals surface area contributed by atoms with Crippen molar-refractivity contribution >= 4 is 17.2 Å². The van der Waals surface area contributed by atoms with Crippen LogP contribution < -0.4 is 5.32 Å². The van der Waals surface area contributed by atoms with Crippen molar-refractivity contribution < 1.29 is 9.18 Å². The molecule has 0 aliphatic heterocycles. The number of hydrogen-bond acceptors (Lipinski definition) is 5. The molecule has 28 heavy (non-hydrogen) atoms. The molecule has 140 valence electrons. The van der Waals surface area contributed by atoms with Crippen LogP contribution in [0.5, 0.6) is 0 Å². The Morgan fingerprint density at radius 2 is 1.89 bits per heavy atom. The second kappa shape index (κ2) is 8.10. The van der Waals surface area contributed by atoms with Crippen molar-refractivity contribution in [1.29, 1.82) is 0 Å². The molecule has 0 aliphatic carbocycles. The molecular weight excluding hydrogens is 377 g/mol. The van der Waals surface area contributed by atoms with Gasteiger partial charge in [0, 0.05) is 5.56 Å². The van der Waals surface area contributed by atoms with Crippen LogP contribution in [0, 0.1) is 5.82 Å². The third-order valence-electron chi connectivity index (χ3n) is 4.13. The number of amides is 1. The number of carbonyl (C=O) groups is 1. The molecule has 1 amide bonds. The van der Waals surface area contributed by atoms with Gasteiger partial charge in [-0.25, -0.2) is 14.1 Å². The molecular formula is C20H16FN5OS. The van der Waals surface area contributed by atoms with E-state index in [0.717, 1.165) is 21.7 Å². The number of halogens is 1. The Balaban J connectivity index is 1.39. The maximum absolute atomic E-state index is 13.0. The van der Waals surface area contributed by atoms with Crippen LogP contribution in [0.25, 0.3) is 11.3 Å². The largest absolute Gasteiger partial charge is 0.346 e. The van der Waals surface area contributed by atoms with Gasteiger partial charge in [0.25, 0.3) is 5.91 Å². The van der Waals surface area contributed by atoms with E-state index < -0.39 is 0 Å². The van der Waals surface area contributed by atoms with Crippen LogP contribution in [0.2, 0.25) is 0 Å². The Labute approximate surface area is 164 Å². The molecule has 8 heteroatoms. The number of nitrogens with zero attached hydrogens (tertiary/aromatic N) is 4. The number of rotatable bonds is 6. The first kappa shape index (κ1) is 18.0. The summed E-state index contributed by atoms with van der Waals surface area (Å²) in [4.78, 5) is 17.8. The molecule has 4 aromatic rings. The molecule has 0 atom stereocenters. The van der Waals surface area contributed by atoms with Crippen molar-refractivity contribution in [2.24, 2.45) is 0 Å². The predicted molar refractivity (Wildman–Crippen MR) is 104 cm³/mol. The van der Waals surface area contributed by atoms with E-state index in [-0.39, 0.29) is 17.4 Å². The van der Waals surface area contributed by atoms with Crippen LogP contribution in [0.15, 0.2) is 66.3 Å². The van der Waals surface area contributed by atoms with Crippen LogP contribution in [0.4, 0.5) is 4.39 Å². The van der Waals surface area contributed by atoms with Crippen molar-refractivity contribution in [2.45, 2.75) is 13.1 Å². The summed E-state index contributed by atoms with van der Waals surface area (Å²) in [6.45, 7) is 0.770. The van der Waals surface area contributed by atoms with Gasteiger partial charge in [-0.05, 0) is 17.7 Å². The van der Waals surface area contributed by atoms with E-state index in [9.17, 15) is 9.18 Å².